The highest BCUT2D eigenvalue weighted by atomic mass is 32.2. The van der Waals surface area contributed by atoms with E-state index in [4.69, 9.17) is 5.11 Å². The summed E-state index contributed by atoms with van der Waals surface area (Å²) in [7, 11) is 0. The number of carboxylic acid groups (broad SMARTS) is 1. The molecule has 1 unspecified atom stereocenters. The lowest BCUT2D eigenvalue weighted by Gasteiger charge is -2.21. The third-order valence-corrected chi connectivity index (χ3v) is 3.78. The summed E-state index contributed by atoms with van der Waals surface area (Å²) in [4.78, 5) is 34.9. The molecule has 0 aromatic heterocycles. The second kappa shape index (κ2) is 9.02. The van der Waals surface area contributed by atoms with Crippen LogP contribution in [0.25, 0.3) is 0 Å². The third-order valence-electron chi connectivity index (χ3n) is 2.76. The highest BCUT2D eigenvalue weighted by molar-refractivity contribution is 8.00. The Kier molecular flexibility index (Phi) is 7.31. The van der Waals surface area contributed by atoms with Gasteiger partial charge in [0.05, 0.1) is 5.75 Å². The van der Waals surface area contributed by atoms with Crippen LogP contribution >= 0.6 is 11.8 Å². The first-order chi connectivity index (χ1) is 10.1. The summed E-state index contributed by atoms with van der Waals surface area (Å²) in [6.45, 7) is 2.42. The van der Waals surface area contributed by atoms with Gasteiger partial charge in [0.2, 0.25) is 12.3 Å². The molecule has 1 rings (SSSR count). The number of nitrogens with zero attached hydrogens (tertiary/aromatic N) is 1. The van der Waals surface area contributed by atoms with Crippen LogP contribution in [0.4, 0.5) is 5.69 Å². The van der Waals surface area contributed by atoms with Gasteiger partial charge in [0.1, 0.15) is 6.04 Å². The number of rotatable bonds is 9. The van der Waals surface area contributed by atoms with Gasteiger partial charge in [-0.15, -0.1) is 11.8 Å². The first-order valence-electron chi connectivity index (χ1n) is 6.45. The first kappa shape index (κ1) is 17.0. The highest BCUT2D eigenvalue weighted by Crippen LogP contribution is 2.15. The SMILES string of the molecule is CCN(C(=O)CSCC(NC=O)C(=O)O)c1ccccc1. The van der Waals surface area contributed by atoms with Crippen LogP contribution in [0, 0.1) is 0 Å². The van der Waals surface area contributed by atoms with Crippen LogP contribution in [0.3, 0.4) is 0 Å². The summed E-state index contributed by atoms with van der Waals surface area (Å²) in [5, 5.41) is 11.1. The molecule has 0 spiro atoms. The summed E-state index contributed by atoms with van der Waals surface area (Å²) >= 11 is 1.18. The Morgan fingerprint density at radius 2 is 2.05 bits per heavy atom. The van der Waals surface area contributed by atoms with Gasteiger partial charge in [0.25, 0.3) is 0 Å². The number of carbonyl (C=O) groups is 3. The smallest absolute Gasteiger partial charge is 0.327 e. The molecule has 0 radical (unpaired) electrons. The molecule has 0 aliphatic rings. The van der Waals surface area contributed by atoms with E-state index in [2.05, 4.69) is 5.32 Å². The molecule has 0 aliphatic heterocycles. The lowest BCUT2D eigenvalue weighted by atomic mass is 10.3. The number of aliphatic carboxylic acids is 1. The summed E-state index contributed by atoms with van der Waals surface area (Å²) in [6.07, 6.45) is 0.351. The van der Waals surface area contributed by atoms with Gasteiger partial charge in [-0.25, -0.2) is 4.79 Å². The van der Waals surface area contributed by atoms with Crippen LogP contribution in [0.15, 0.2) is 30.3 Å². The summed E-state index contributed by atoms with van der Waals surface area (Å²) in [5.74, 6) is -0.902. The number of hydrogen-bond donors (Lipinski definition) is 2. The van der Waals surface area contributed by atoms with Gasteiger partial charge in [0, 0.05) is 18.0 Å². The minimum absolute atomic E-state index is 0.0936. The standard InChI is InChI=1S/C14H18N2O4S/c1-2-16(11-6-4-3-5-7-11)13(18)9-21-8-12(14(19)20)15-10-17/h3-7,10,12H,2,8-9H2,1H3,(H,15,17)(H,19,20). The topological polar surface area (TPSA) is 86.7 Å². The predicted octanol–water partition coefficient (Wildman–Crippen LogP) is 0.972. The van der Waals surface area contributed by atoms with Gasteiger partial charge in [-0.2, -0.15) is 0 Å². The largest absolute Gasteiger partial charge is 0.480 e. The molecule has 0 fully saturated rings. The highest BCUT2D eigenvalue weighted by Gasteiger charge is 2.18. The number of carboxylic acids is 1. The van der Waals surface area contributed by atoms with Crippen LogP contribution in [-0.2, 0) is 14.4 Å². The predicted molar refractivity (Wildman–Crippen MR) is 82.4 cm³/mol. The normalized spacial score (nSPS) is 11.5. The van der Waals surface area contributed by atoms with E-state index < -0.39 is 12.0 Å². The number of hydrogen-bond acceptors (Lipinski definition) is 4. The monoisotopic (exact) mass is 310 g/mol. The Morgan fingerprint density at radius 3 is 2.57 bits per heavy atom. The van der Waals surface area contributed by atoms with Crippen molar-refractivity contribution in [2.24, 2.45) is 0 Å². The van der Waals surface area contributed by atoms with E-state index in [0.29, 0.717) is 13.0 Å². The molecule has 0 saturated heterocycles. The zero-order valence-electron chi connectivity index (χ0n) is 11.7. The van der Waals surface area contributed by atoms with Crippen LogP contribution in [0.5, 0.6) is 0 Å². The number of anilines is 1. The van der Waals surface area contributed by atoms with Gasteiger partial charge in [-0.1, -0.05) is 18.2 Å². The Bertz CT molecular complexity index is 481. The van der Waals surface area contributed by atoms with Crippen LogP contribution in [0.2, 0.25) is 0 Å². The second-order valence-corrected chi connectivity index (χ2v) is 5.19. The maximum atomic E-state index is 12.2. The molecule has 2 N–H and O–H groups in total. The van der Waals surface area contributed by atoms with Crippen molar-refractivity contribution in [3.8, 4) is 0 Å². The van der Waals surface area contributed by atoms with Crippen molar-refractivity contribution in [3.05, 3.63) is 30.3 Å². The molecule has 114 valence electrons. The van der Waals surface area contributed by atoms with Crippen LogP contribution in [-0.4, -0.2) is 47.5 Å². The molecule has 0 saturated carbocycles. The van der Waals surface area contributed by atoms with Crippen LogP contribution < -0.4 is 10.2 Å². The molecular formula is C14H18N2O4S. The van der Waals surface area contributed by atoms with Gasteiger partial charge >= 0.3 is 5.97 Å². The van der Waals surface area contributed by atoms with Crippen molar-refractivity contribution < 1.29 is 19.5 Å². The first-order valence-corrected chi connectivity index (χ1v) is 7.61. The van der Waals surface area contributed by atoms with E-state index >= 15 is 0 Å². The lowest BCUT2D eigenvalue weighted by Crippen LogP contribution is -2.38. The molecule has 2 amide bonds. The average Bonchev–Trinajstić information content (AvgIpc) is 2.48. The molecule has 21 heavy (non-hydrogen) atoms. The van der Waals surface area contributed by atoms with Gasteiger partial charge < -0.3 is 15.3 Å². The van der Waals surface area contributed by atoms with Crippen molar-refractivity contribution in [1.29, 1.82) is 0 Å². The van der Waals surface area contributed by atoms with Gasteiger partial charge in [-0.05, 0) is 19.1 Å². The minimum Gasteiger partial charge on any atom is -0.480 e. The quantitative estimate of drug-likeness (QED) is 0.664. The fourth-order valence-corrected chi connectivity index (χ4v) is 2.65. The molecule has 0 bridgehead atoms. The number of thioether (sulfide) groups is 1. The number of para-hydroxylation sites is 1. The summed E-state index contributed by atoms with van der Waals surface area (Å²) < 4.78 is 0. The Morgan fingerprint density at radius 1 is 1.38 bits per heavy atom. The van der Waals surface area contributed by atoms with Crippen molar-refractivity contribution in [2.45, 2.75) is 13.0 Å². The molecular weight excluding hydrogens is 292 g/mol. The molecule has 1 aromatic rings. The third kappa shape index (κ3) is 5.47. The Balaban J connectivity index is 2.52. The Labute approximate surface area is 127 Å². The second-order valence-electron chi connectivity index (χ2n) is 4.16. The van der Waals surface area contributed by atoms with E-state index in [-0.39, 0.29) is 17.4 Å². The fraction of sp³-hybridized carbons (Fsp3) is 0.357. The number of carbonyl (C=O) groups excluding carboxylic acids is 2. The van der Waals surface area contributed by atoms with E-state index in [1.165, 1.54) is 11.8 Å². The van der Waals surface area contributed by atoms with E-state index in [9.17, 15) is 14.4 Å². The number of amides is 2. The van der Waals surface area contributed by atoms with Crippen molar-refractivity contribution in [3.63, 3.8) is 0 Å². The van der Waals surface area contributed by atoms with Crippen molar-refractivity contribution in [2.75, 3.05) is 23.0 Å². The van der Waals surface area contributed by atoms with E-state index in [1.54, 1.807) is 4.90 Å². The van der Waals surface area contributed by atoms with E-state index in [1.807, 2.05) is 37.3 Å². The van der Waals surface area contributed by atoms with Crippen molar-refractivity contribution in [1.82, 2.24) is 5.32 Å². The Hall–Kier alpha value is -2.02. The summed E-state index contributed by atoms with van der Waals surface area (Å²) in [5.41, 5.74) is 0.811. The molecule has 6 nitrogen and oxygen atoms in total. The zero-order valence-corrected chi connectivity index (χ0v) is 12.5. The van der Waals surface area contributed by atoms with Crippen molar-refractivity contribution >= 4 is 35.7 Å². The fourth-order valence-electron chi connectivity index (χ4n) is 1.73. The molecule has 0 aliphatic carbocycles. The maximum absolute atomic E-state index is 12.2. The summed E-state index contributed by atoms with van der Waals surface area (Å²) in [6, 6.07) is 8.30. The lowest BCUT2D eigenvalue weighted by molar-refractivity contribution is -0.139. The number of benzene rings is 1. The zero-order chi connectivity index (χ0) is 15.7. The molecule has 1 atom stereocenters. The molecule has 0 heterocycles. The molecule has 1 aromatic carbocycles. The number of nitrogens with one attached hydrogen (secondary N) is 1. The van der Waals surface area contributed by atoms with Gasteiger partial charge in [-0.3, -0.25) is 9.59 Å². The van der Waals surface area contributed by atoms with E-state index in [0.717, 1.165) is 5.69 Å². The average molecular weight is 310 g/mol. The minimum atomic E-state index is -1.11. The van der Waals surface area contributed by atoms with Crippen LogP contribution in [0.1, 0.15) is 6.92 Å². The maximum Gasteiger partial charge on any atom is 0.327 e. The van der Waals surface area contributed by atoms with Gasteiger partial charge in [0.15, 0.2) is 0 Å². The molecule has 7 heteroatoms.